The molecular weight excluding hydrogens is 222 g/mol. The van der Waals surface area contributed by atoms with E-state index < -0.39 is 0 Å². The molecule has 0 bridgehead atoms. The van der Waals surface area contributed by atoms with Crippen LogP contribution in [0.4, 0.5) is 5.69 Å². The molecule has 1 unspecified atom stereocenters. The number of halogens is 1. The standard InChI is InChI=1S/C13H20ClNO/c1-8(2)5-10(4)16-13-7-11(14)12(15)6-9(13)3/h6-8,10H,5,15H2,1-4H3. The fourth-order valence-corrected chi connectivity index (χ4v) is 1.89. The molecule has 0 aliphatic rings. The van der Waals surface area contributed by atoms with Gasteiger partial charge < -0.3 is 10.5 Å². The van der Waals surface area contributed by atoms with Crippen molar-refractivity contribution in [1.29, 1.82) is 0 Å². The van der Waals surface area contributed by atoms with E-state index in [1.54, 1.807) is 6.07 Å². The van der Waals surface area contributed by atoms with Gasteiger partial charge in [-0.1, -0.05) is 25.4 Å². The Morgan fingerprint density at radius 1 is 1.31 bits per heavy atom. The minimum absolute atomic E-state index is 0.193. The summed E-state index contributed by atoms with van der Waals surface area (Å²) in [6.07, 6.45) is 1.22. The molecule has 1 atom stereocenters. The maximum Gasteiger partial charge on any atom is 0.124 e. The summed E-state index contributed by atoms with van der Waals surface area (Å²) < 4.78 is 5.85. The fraction of sp³-hybridized carbons (Fsp3) is 0.538. The summed E-state index contributed by atoms with van der Waals surface area (Å²) in [5.41, 5.74) is 7.34. The second kappa shape index (κ2) is 5.44. The van der Waals surface area contributed by atoms with E-state index in [1.807, 2.05) is 13.0 Å². The van der Waals surface area contributed by atoms with Gasteiger partial charge in [-0.3, -0.25) is 0 Å². The molecule has 0 saturated carbocycles. The Balaban J connectivity index is 2.77. The topological polar surface area (TPSA) is 35.2 Å². The van der Waals surface area contributed by atoms with Gasteiger partial charge >= 0.3 is 0 Å². The number of hydrogen-bond donors (Lipinski definition) is 1. The third kappa shape index (κ3) is 3.60. The summed E-state index contributed by atoms with van der Waals surface area (Å²) in [7, 11) is 0. The molecule has 1 aromatic rings. The Hall–Kier alpha value is -0.890. The van der Waals surface area contributed by atoms with Crippen molar-refractivity contribution in [1.82, 2.24) is 0 Å². The largest absolute Gasteiger partial charge is 0.490 e. The molecule has 1 rings (SSSR count). The van der Waals surface area contributed by atoms with Gasteiger partial charge in [-0.25, -0.2) is 0 Å². The van der Waals surface area contributed by atoms with Crippen LogP contribution in [0.3, 0.4) is 0 Å². The SMILES string of the molecule is Cc1cc(N)c(Cl)cc1OC(C)CC(C)C. The first-order valence-corrected chi connectivity index (χ1v) is 6.00. The van der Waals surface area contributed by atoms with Crippen LogP contribution >= 0.6 is 11.6 Å². The zero-order chi connectivity index (χ0) is 12.3. The molecule has 3 heteroatoms. The Labute approximate surface area is 103 Å². The molecule has 0 aliphatic heterocycles. The third-order valence-electron chi connectivity index (χ3n) is 2.43. The Morgan fingerprint density at radius 2 is 1.94 bits per heavy atom. The van der Waals surface area contributed by atoms with Gasteiger partial charge in [-0.2, -0.15) is 0 Å². The lowest BCUT2D eigenvalue weighted by molar-refractivity contribution is 0.192. The Kier molecular flexibility index (Phi) is 4.48. The van der Waals surface area contributed by atoms with Crippen molar-refractivity contribution in [2.45, 2.75) is 40.2 Å². The van der Waals surface area contributed by atoms with Crippen LogP contribution in [0.25, 0.3) is 0 Å². The minimum atomic E-state index is 0.193. The first-order valence-electron chi connectivity index (χ1n) is 5.62. The fourth-order valence-electron chi connectivity index (χ4n) is 1.74. The normalized spacial score (nSPS) is 12.9. The number of nitrogens with two attached hydrogens (primary N) is 1. The zero-order valence-electron chi connectivity index (χ0n) is 10.4. The summed E-state index contributed by atoms with van der Waals surface area (Å²) >= 11 is 5.97. The number of anilines is 1. The average Bonchev–Trinajstić information content (AvgIpc) is 2.12. The van der Waals surface area contributed by atoms with Crippen LogP contribution in [0.15, 0.2) is 12.1 Å². The van der Waals surface area contributed by atoms with E-state index in [2.05, 4.69) is 20.8 Å². The van der Waals surface area contributed by atoms with Crippen LogP contribution in [-0.2, 0) is 0 Å². The molecule has 0 spiro atoms. The van der Waals surface area contributed by atoms with Crippen molar-refractivity contribution in [3.63, 3.8) is 0 Å². The summed E-state index contributed by atoms with van der Waals surface area (Å²) in [6, 6.07) is 3.64. The highest BCUT2D eigenvalue weighted by molar-refractivity contribution is 6.33. The quantitative estimate of drug-likeness (QED) is 0.808. The van der Waals surface area contributed by atoms with Crippen molar-refractivity contribution in [2.75, 3.05) is 5.73 Å². The smallest absolute Gasteiger partial charge is 0.124 e. The summed E-state index contributed by atoms with van der Waals surface area (Å²) in [6.45, 7) is 8.42. The molecule has 0 radical (unpaired) electrons. The predicted octanol–water partition coefficient (Wildman–Crippen LogP) is 4.04. The van der Waals surface area contributed by atoms with E-state index in [1.165, 1.54) is 0 Å². The summed E-state index contributed by atoms with van der Waals surface area (Å²) in [4.78, 5) is 0. The second-order valence-electron chi connectivity index (χ2n) is 4.70. The van der Waals surface area contributed by atoms with Crippen LogP contribution < -0.4 is 10.5 Å². The molecule has 0 amide bonds. The molecule has 90 valence electrons. The van der Waals surface area contributed by atoms with Crippen LogP contribution in [0.1, 0.15) is 32.8 Å². The van der Waals surface area contributed by atoms with E-state index in [0.29, 0.717) is 16.6 Å². The maximum absolute atomic E-state index is 5.97. The van der Waals surface area contributed by atoms with Crippen LogP contribution in [0, 0.1) is 12.8 Å². The van der Waals surface area contributed by atoms with E-state index in [0.717, 1.165) is 17.7 Å². The van der Waals surface area contributed by atoms with E-state index in [4.69, 9.17) is 22.1 Å². The molecule has 0 fully saturated rings. The highest BCUT2D eigenvalue weighted by Crippen LogP contribution is 2.29. The molecule has 0 heterocycles. The number of aryl methyl sites for hydroxylation is 1. The van der Waals surface area contributed by atoms with Gasteiger partial charge in [0.2, 0.25) is 0 Å². The van der Waals surface area contributed by atoms with Crippen LogP contribution in [0.5, 0.6) is 5.75 Å². The molecule has 16 heavy (non-hydrogen) atoms. The van der Waals surface area contributed by atoms with E-state index in [9.17, 15) is 0 Å². The van der Waals surface area contributed by atoms with Crippen LogP contribution in [0.2, 0.25) is 5.02 Å². The highest BCUT2D eigenvalue weighted by Gasteiger charge is 2.10. The van der Waals surface area contributed by atoms with Crippen molar-refractivity contribution < 1.29 is 4.74 Å². The molecular formula is C13H20ClNO. The number of hydrogen-bond acceptors (Lipinski definition) is 2. The molecule has 2 nitrogen and oxygen atoms in total. The molecule has 1 aromatic carbocycles. The first-order chi connectivity index (χ1) is 7.40. The van der Waals surface area contributed by atoms with Crippen molar-refractivity contribution in [3.05, 3.63) is 22.7 Å². The lowest BCUT2D eigenvalue weighted by atomic mass is 10.1. The van der Waals surface area contributed by atoms with Gasteiger partial charge in [0.05, 0.1) is 16.8 Å². The highest BCUT2D eigenvalue weighted by atomic mass is 35.5. The van der Waals surface area contributed by atoms with E-state index >= 15 is 0 Å². The predicted molar refractivity (Wildman–Crippen MR) is 70.1 cm³/mol. The molecule has 2 N–H and O–H groups in total. The number of rotatable bonds is 4. The summed E-state index contributed by atoms with van der Waals surface area (Å²) in [5.74, 6) is 1.45. The lowest BCUT2D eigenvalue weighted by Crippen LogP contribution is -2.15. The number of benzene rings is 1. The molecule has 0 saturated heterocycles. The Morgan fingerprint density at radius 3 is 2.50 bits per heavy atom. The van der Waals surface area contributed by atoms with Gasteiger partial charge in [0.1, 0.15) is 5.75 Å². The maximum atomic E-state index is 5.97. The monoisotopic (exact) mass is 241 g/mol. The van der Waals surface area contributed by atoms with Gasteiger partial charge in [-0.05, 0) is 37.8 Å². The van der Waals surface area contributed by atoms with Gasteiger partial charge in [0.15, 0.2) is 0 Å². The first kappa shape index (κ1) is 13.2. The number of nitrogen functional groups attached to an aromatic ring is 1. The molecule has 0 aliphatic carbocycles. The second-order valence-corrected chi connectivity index (χ2v) is 5.10. The van der Waals surface area contributed by atoms with Crippen molar-refractivity contribution in [2.24, 2.45) is 5.92 Å². The lowest BCUT2D eigenvalue weighted by Gasteiger charge is -2.18. The van der Waals surface area contributed by atoms with Gasteiger partial charge in [0, 0.05) is 6.07 Å². The van der Waals surface area contributed by atoms with Gasteiger partial charge in [0.25, 0.3) is 0 Å². The van der Waals surface area contributed by atoms with Crippen LogP contribution in [-0.4, -0.2) is 6.10 Å². The third-order valence-corrected chi connectivity index (χ3v) is 2.75. The summed E-state index contributed by atoms with van der Waals surface area (Å²) in [5, 5.41) is 0.553. The Bertz CT molecular complexity index is 363. The molecule has 0 aromatic heterocycles. The zero-order valence-corrected chi connectivity index (χ0v) is 11.1. The number of ether oxygens (including phenoxy) is 1. The average molecular weight is 242 g/mol. The van der Waals surface area contributed by atoms with Gasteiger partial charge in [-0.15, -0.1) is 0 Å². The van der Waals surface area contributed by atoms with Crippen molar-refractivity contribution >= 4 is 17.3 Å². The van der Waals surface area contributed by atoms with Crippen molar-refractivity contribution in [3.8, 4) is 5.75 Å². The van der Waals surface area contributed by atoms with E-state index in [-0.39, 0.29) is 6.10 Å². The minimum Gasteiger partial charge on any atom is -0.490 e.